The van der Waals surface area contributed by atoms with Gasteiger partial charge in [0.1, 0.15) is 5.82 Å². The Balaban J connectivity index is 2.22. The highest BCUT2D eigenvalue weighted by atomic mass is 15.4. The second-order valence-corrected chi connectivity index (χ2v) is 3.07. The van der Waals surface area contributed by atoms with Crippen LogP contribution in [0.25, 0.3) is 0 Å². The Morgan fingerprint density at radius 3 is 2.64 bits per heavy atom. The molecule has 0 saturated heterocycles. The lowest BCUT2D eigenvalue weighted by molar-refractivity contribution is 0.948. The van der Waals surface area contributed by atoms with Crippen LogP contribution >= 0.6 is 0 Å². The molecule has 14 heavy (non-hydrogen) atoms. The maximum Gasteiger partial charge on any atom is 0.145 e. The number of nitrogens with zero attached hydrogens (tertiary/aromatic N) is 2. The molecule has 4 heteroatoms. The summed E-state index contributed by atoms with van der Waals surface area (Å²) in [6.45, 7) is 1.89. The quantitative estimate of drug-likeness (QED) is 0.753. The molecule has 0 spiro atoms. The lowest BCUT2D eigenvalue weighted by atomic mass is 10.3. The fraction of sp³-hybridized carbons (Fsp3) is 0.100. The van der Waals surface area contributed by atoms with Gasteiger partial charge in [-0.25, -0.2) is 4.98 Å². The van der Waals surface area contributed by atoms with Crippen molar-refractivity contribution in [2.45, 2.75) is 6.92 Å². The molecule has 0 aromatic carbocycles. The second-order valence-electron chi connectivity index (χ2n) is 3.07. The van der Waals surface area contributed by atoms with E-state index in [4.69, 9.17) is 5.73 Å². The third kappa shape index (κ3) is 1.69. The maximum absolute atomic E-state index is 5.67. The number of aryl methyl sites for hydroxylation is 1. The number of hydrogen-bond acceptors (Lipinski definition) is 3. The summed E-state index contributed by atoms with van der Waals surface area (Å²) in [6.07, 6.45) is 3.82. The zero-order valence-electron chi connectivity index (χ0n) is 7.94. The van der Waals surface area contributed by atoms with E-state index in [0.29, 0.717) is 5.69 Å². The summed E-state index contributed by atoms with van der Waals surface area (Å²) in [5.41, 5.74) is 10.3. The minimum atomic E-state index is 0.711. The van der Waals surface area contributed by atoms with Crippen molar-refractivity contribution in [2.24, 2.45) is 0 Å². The number of rotatable bonds is 2. The summed E-state index contributed by atoms with van der Waals surface area (Å²) in [5.74, 6) is 0.785. The van der Waals surface area contributed by atoms with Gasteiger partial charge in [-0.05, 0) is 31.2 Å². The standard InChI is InChI=1S/C10H12N4/c1-8-9(11)4-5-10(12-8)13-14-6-2-3-7-14/h2-7H,11H2,1H3,(H,12,13). The average Bonchev–Trinajstić information content (AvgIpc) is 2.64. The first kappa shape index (κ1) is 8.62. The first-order chi connectivity index (χ1) is 6.75. The zero-order chi connectivity index (χ0) is 9.97. The lowest BCUT2D eigenvalue weighted by Gasteiger charge is -2.07. The first-order valence-corrected chi connectivity index (χ1v) is 4.39. The van der Waals surface area contributed by atoms with E-state index in [1.54, 1.807) is 0 Å². The lowest BCUT2D eigenvalue weighted by Crippen LogP contribution is -2.08. The molecule has 0 radical (unpaired) electrons. The molecule has 2 rings (SSSR count). The molecule has 0 aliphatic rings. The van der Waals surface area contributed by atoms with E-state index in [-0.39, 0.29) is 0 Å². The van der Waals surface area contributed by atoms with E-state index in [1.807, 2.05) is 48.3 Å². The summed E-state index contributed by atoms with van der Waals surface area (Å²) < 4.78 is 1.83. The predicted octanol–water partition coefficient (Wildman–Crippen LogP) is 1.65. The molecule has 0 aliphatic carbocycles. The van der Waals surface area contributed by atoms with Crippen molar-refractivity contribution in [3.8, 4) is 0 Å². The average molecular weight is 188 g/mol. The molecule has 0 saturated carbocycles. The molecule has 4 nitrogen and oxygen atoms in total. The number of hydrogen-bond donors (Lipinski definition) is 2. The predicted molar refractivity (Wildman–Crippen MR) is 56.8 cm³/mol. The molecule has 0 unspecified atom stereocenters. The van der Waals surface area contributed by atoms with Crippen molar-refractivity contribution in [2.75, 3.05) is 11.2 Å². The molecule has 2 aromatic rings. The topological polar surface area (TPSA) is 55.9 Å². The minimum absolute atomic E-state index is 0.711. The summed E-state index contributed by atoms with van der Waals surface area (Å²) in [6, 6.07) is 7.57. The van der Waals surface area contributed by atoms with Crippen molar-refractivity contribution in [3.63, 3.8) is 0 Å². The smallest absolute Gasteiger partial charge is 0.145 e. The molecule has 2 heterocycles. The van der Waals surface area contributed by atoms with Crippen LogP contribution in [0.4, 0.5) is 11.5 Å². The molecule has 3 N–H and O–H groups in total. The van der Waals surface area contributed by atoms with Crippen LogP contribution in [0.2, 0.25) is 0 Å². The SMILES string of the molecule is Cc1nc(Nn2cccc2)ccc1N. The van der Waals surface area contributed by atoms with Gasteiger partial charge in [0.2, 0.25) is 0 Å². The number of nitrogens with one attached hydrogen (secondary N) is 1. The van der Waals surface area contributed by atoms with Gasteiger partial charge in [0, 0.05) is 12.4 Å². The summed E-state index contributed by atoms with van der Waals surface area (Å²) >= 11 is 0. The van der Waals surface area contributed by atoms with Gasteiger partial charge in [-0.2, -0.15) is 0 Å². The van der Waals surface area contributed by atoms with Crippen molar-refractivity contribution in [1.82, 2.24) is 9.66 Å². The largest absolute Gasteiger partial charge is 0.397 e. The van der Waals surface area contributed by atoms with E-state index < -0.39 is 0 Å². The Morgan fingerprint density at radius 1 is 1.29 bits per heavy atom. The number of aromatic nitrogens is 2. The van der Waals surface area contributed by atoms with Gasteiger partial charge in [0.25, 0.3) is 0 Å². The van der Waals surface area contributed by atoms with Crippen LogP contribution in [0.15, 0.2) is 36.7 Å². The Morgan fingerprint density at radius 2 is 2.00 bits per heavy atom. The minimum Gasteiger partial charge on any atom is -0.397 e. The van der Waals surface area contributed by atoms with E-state index in [1.165, 1.54) is 0 Å². The van der Waals surface area contributed by atoms with Crippen LogP contribution in [0, 0.1) is 6.92 Å². The summed E-state index contributed by atoms with van der Waals surface area (Å²) in [7, 11) is 0. The van der Waals surface area contributed by atoms with Crippen molar-refractivity contribution < 1.29 is 0 Å². The molecule has 0 bridgehead atoms. The fourth-order valence-corrected chi connectivity index (χ4v) is 1.18. The molecule has 0 atom stereocenters. The summed E-state index contributed by atoms with van der Waals surface area (Å²) in [4.78, 5) is 4.29. The van der Waals surface area contributed by atoms with Gasteiger partial charge in [-0.15, -0.1) is 0 Å². The molecule has 0 amide bonds. The van der Waals surface area contributed by atoms with Gasteiger partial charge in [-0.3, -0.25) is 10.1 Å². The van der Waals surface area contributed by atoms with Crippen LogP contribution in [0.1, 0.15) is 5.69 Å². The Kier molecular flexibility index (Phi) is 2.10. The third-order valence-electron chi connectivity index (χ3n) is 1.97. The Bertz CT molecular complexity index is 420. The summed E-state index contributed by atoms with van der Waals surface area (Å²) in [5, 5.41) is 0. The van der Waals surface area contributed by atoms with Crippen LogP contribution in [0.5, 0.6) is 0 Å². The van der Waals surface area contributed by atoms with Crippen LogP contribution in [0.3, 0.4) is 0 Å². The number of nitrogen functional groups attached to an aromatic ring is 1. The van der Waals surface area contributed by atoms with Crippen molar-refractivity contribution >= 4 is 11.5 Å². The third-order valence-corrected chi connectivity index (χ3v) is 1.97. The first-order valence-electron chi connectivity index (χ1n) is 4.39. The maximum atomic E-state index is 5.67. The highest BCUT2D eigenvalue weighted by molar-refractivity contribution is 5.48. The van der Waals surface area contributed by atoms with E-state index in [9.17, 15) is 0 Å². The van der Waals surface area contributed by atoms with Crippen LogP contribution in [-0.4, -0.2) is 9.66 Å². The normalized spacial score (nSPS) is 10.1. The van der Waals surface area contributed by atoms with E-state index >= 15 is 0 Å². The van der Waals surface area contributed by atoms with Gasteiger partial charge in [0.05, 0.1) is 11.4 Å². The molecule has 2 aromatic heterocycles. The van der Waals surface area contributed by atoms with Crippen molar-refractivity contribution in [1.29, 1.82) is 0 Å². The van der Waals surface area contributed by atoms with Gasteiger partial charge >= 0.3 is 0 Å². The van der Waals surface area contributed by atoms with Gasteiger partial charge in [0.15, 0.2) is 0 Å². The molecule has 72 valence electrons. The monoisotopic (exact) mass is 188 g/mol. The highest BCUT2D eigenvalue weighted by Crippen LogP contribution is 2.11. The zero-order valence-corrected chi connectivity index (χ0v) is 7.94. The molecular weight excluding hydrogens is 176 g/mol. The second kappa shape index (κ2) is 3.41. The van der Waals surface area contributed by atoms with Gasteiger partial charge in [-0.1, -0.05) is 0 Å². The number of anilines is 2. The highest BCUT2D eigenvalue weighted by Gasteiger charge is 1.97. The van der Waals surface area contributed by atoms with Crippen LogP contribution < -0.4 is 11.2 Å². The molecular formula is C10H12N4. The molecule has 0 fully saturated rings. The number of pyridine rings is 1. The number of nitrogens with two attached hydrogens (primary N) is 1. The van der Waals surface area contributed by atoms with E-state index in [0.717, 1.165) is 11.5 Å². The van der Waals surface area contributed by atoms with E-state index in [2.05, 4.69) is 10.4 Å². The van der Waals surface area contributed by atoms with Crippen LogP contribution in [-0.2, 0) is 0 Å². The Hall–Kier alpha value is -1.97. The van der Waals surface area contributed by atoms with Gasteiger partial charge < -0.3 is 5.73 Å². The fourth-order valence-electron chi connectivity index (χ4n) is 1.18. The molecule has 0 aliphatic heterocycles. The Labute approximate surface area is 82.4 Å². The van der Waals surface area contributed by atoms with Crippen molar-refractivity contribution in [3.05, 3.63) is 42.4 Å².